The second-order valence-corrected chi connectivity index (χ2v) is 17.4. The van der Waals surface area contributed by atoms with E-state index >= 15 is 0 Å². The molecule has 0 rings (SSSR count). The summed E-state index contributed by atoms with van der Waals surface area (Å²) < 4.78 is 16.8. The molecule has 6 nitrogen and oxygen atoms in total. The van der Waals surface area contributed by atoms with Gasteiger partial charge in [0.1, 0.15) is 13.2 Å². The smallest absolute Gasteiger partial charge is 0.306 e. The number of rotatable bonds is 47. The predicted molar refractivity (Wildman–Crippen MR) is 261 cm³/mol. The van der Waals surface area contributed by atoms with Crippen LogP contribution in [0.4, 0.5) is 0 Å². The van der Waals surface area contributed by atoms with Gasteiger partial charge in [-0.3, -0.25) is 14.4 Å². The topological polar surface area (TPSA) is 78.9 Å². The van der Waals surface area contributed by atoms with E-state index in [0.717, 1.165) is 103 Å². The van der Waals surface area contributed by atoms with Gasteiger partial charge in [-0.1, -0.05) is 223 Å². The second kappa shape index (κ2) is 50.0. The molecule has 1 unspecified atom stereocenters. The molecule has 0 spiro atoms. The lowest BCUT2D eigenvalue weighted by Gasteiger charge is -2.18. The summed E-state index contributed by atoms with van der Waals surface area (Å²) in [5.74, 6) is -0.894. The number of esters is 3. The van der Waals surface area contributed by atoms with Crippen molar-refractivity contribution in [1.29, 1.82) is 0 Å². The Morgan fingerprint density at radius 3 is 0.984 bits per heavy atom. The van der Waals surface area contributed by atoms with Crippen molar-refractivity contribution in [3.63, 3.8) is 0 Å². The van der Waals surface area contributed by atoms with Gasteiger partial charge in [0.2, 0.25) is 0 Å². The zero-order valence-corrected chi connectivity index (χ0v) is 40.4. The van der Waals surface area contributed by atoms with E-state index in [1.54, 1.807) is 0 Å². The summed E-state index contributed by atoms with van der Waals surface area (Å²) in [6, 6.07) is 0. The van der Waals surface area contributed by atoms with Gasteiger partial charge in [-0.25, -0.2) is 0 Å². The highest BCUT2D eigenvalue weighted by Gasteiger charge is 2.19. The molecule has 0 aliphatic carbocycles. The third-order valence-corrected chi connectivity index (χ3v) is 11.3. The van der Waals surface area contributed by atoms with E-state index in [1.807, 2.05) is 0 Å². The Kier molecular flexibility index (Phi) is 47.9. The highest BCUT2D eigenvalue weighted by molar-refractivity contribution is 5.71. The number of hydrogen-bond donors (Lipinski definition) is 0. The fourth-order valence-electron chi connectivity index (χ4n) is 7.46. The molecule has 0 aromatic carbocycles. The van der Waals surface area contributed by atoms with Crippen molar-refractivity contribution in [2.24, 2.45) is 0 Å². The van der Waals surface area contributed by atoms with Crippen LogP contribution in [0.25, 0.3) is 0 Å². The van der Waals surface area contributed by atoms with Gasteiger partial charge in [0.15, 0.2) is 6.10 Å². The molecule has 6 heteroatoms. The lowest BCUT2D eigenvalue weighted by Crippen LogP contribution is -2.30. The standard InChI is InChI=1S/C55H98O6/c1-4-7-10-13-16-19-22-25-27-28-29-31-33-36-39-42-45-48-54(57)60-51-52(50-59-53(56)47-44-41-38-35-32-24-21-18-15-12-9-6-3)61-55(58)49-46-43-40-37-34-30-26-23-20-17-14-11-8-5-2/h8-9,11-12,17-18,20-21,52H,4-7,10,13-16,19,22-51H2,1-3H3/b11-8-,12-9-,20-17-,21-18-. The molecule has 0 amide bonds. The Morgan fingerprint density at radius 1 is 0.344 bits per heavy atom. The Balaban J connectivity index is 4.34. The zero-order chi connectivity index (χ0) is 44.4. The highest BCUT2D eigenvalue weighted by Crippen LogP contribution is 2.16. The molecule has 1 atom stereocenters. The average molecular weight is 855 g/mol. The lowest BCUT2D eigenvalue weighted by atomic mass is 10.0. The van der Waals surface area contributed by atoms with E-state index in [9.17, 15) is 14.4 Å². The summed E-state index contributed by atoms with van der Waals surface area (Å²) >= 11 is 0. The van der Waals surface area contributed by atoms with E-state index in [-0.39, 0.29) is 31.1 Å². The number of carbonyl (C=O) groups excluding carboxylic acids is 3. The third-order valence-electron chi connectivity index (χ3n) is 11.3. The van der Waals surface area contributed by atoms with Crippen LogP contribution in [0.5, 0.6) is 0 Å². The molecule has 61 heavy (non-hydrogen) atoms. The predicted octanol–water partition coefficient (Wildman–Crippen LogP) is 17.1. The summed E-state index contributed by atoms with van der Waals surface area (Å²) in [7, 11) is 0. The van der Waals surface area contributed by atoms with Crippen molar-refractivity contribution in [2.75, 3.05) is 13.2 Å². The summed E-state index contributed by atoms with van der Waals surface area (Å²) in [5, 5.41) is 0. The molecule has 0 fully saturated rings. The molecule has 0 saturated heterocycles. The van der Waals surface area contributed by atoms with Gasteiger partial charge in [0.05, 0.1) is 0 Å². The first-order chi connectivity index (χ1) is 30.0. The van der Waals surface area contributed by atoms with Gasteiger partial charge in [-0.2, -0.15) is 0 Å². The number of allylic oxidation sites excluding steroid dienone is 8. The molecule has 0 radical (unpaired) electrons. The maximum absolute atomic E-state index is 12.8. The van der Waals surface area contributed by atoms with Crippen LogP contribution in [0.1, 0.15) is 265 Å². The van der Waals surface area contributed by atoms with Gasteiger partial charge in [0, 0.05) is 19.3 Å². The van der Waals surface area contributed by atoms with Gasteiger partial charge in [0.25, 0.3) is 0 Å². The van der Waals surface area contributed by atoms with Crippen LogP contribution in [-0.2, 0) is 28.6 Å². The minimum Gasteiger partial charge on any atom is -0.462 e. The summed E-state index contributed by atoms with van der Waals surface area (Å²) in [4.78, 5) is 38.0. The van der Waals surface area contributed by atoms with Gasteiger partial charge in [-0.15, -0.1) is 0 Å². The van der Waals surface area contributed by atoms with E-state index in [4.69, 9.17) is 14.2 Å². The highest BCUT2D eigenvalue weighted by atomic mass is 16.6. The molecule has 0 aromatic heterocycles. The van der Waals surface area contributed by atoms with Crippen LogP contribution >= 0.6 is 0 Å². The fraction of sp³-hybridized carbons (Fsp3) is 0.800. The second-order valence-electron chi connectivity index (χ2n) is 17.4. The molecule has 0 N–H and O–H groups in total. The molecule has 0 saturated carbocycles. The van der Waals surface area contributed by atoms with E-state index in [1.165, 1.54) is 122 Å². The van der Waals surface area contributed by atoms with Crippen LogP contribution in [0.15, 0.2) is 48.6 Å². The minimum atomic E-state index is -0.779. The third kappa shape index (κ3) is 48.3. The first-order valence-electron chi connectivity index (χ1n) is 26.1. The zero-order valence-electron chi connectivity index (χ0n) is 40.4. The lowest BCUT2D eigenvalue weighted by molar-refractivity contribution is -0.167. The van der Waals surface area contributed by atoms with Crippen molar-refractivity contribution in [2.45, 2.75) is 271 Å². The van der Waals surface area contributed by atoms with Crippen molar-refractivity contribution in [3.05, 3.63) is 48.6 Å². The van der Waals surface area contributed by atoms with E-state index in [0.29, 0.717) is 19.3 Å². The molecular formula is C55H98O6. The SMILES string of the molecule is CC/C=C\C/C=C\CCCCCCCCCC(=O)OC(COC(=O)CCCCCCC/C=C\C/C=C\CC)COC(=O)CCCCCCCCCCCCCCCCCCC. The van der Waals surface area contributed by atoms with Crippen LogP contribution in [0, 0.1) is 0 Å². The number of hydrogen-bond acceptors (Lipinski definition) is 6. The summed E-state index contributed by atoms with van der Waals surface area (Å²) in [6.07, 6.45) is 59.6. The quantitative estimate of drug-likeness (QED) is 0.0263. The Hall–Kier alpha value is -2.63. The normalized spacial score (nSPS) is 12.4. The van der Waals surface area contributed by atoms with Crippen molar-refractivity contribution in [1.82, 2.24) is 0 Å². The van der Waals surface area contributed by atoms with Crippen molar-refractivity contribution < 1.29 is 28.6 Å². The summed E-state index contributed by atoms with van der Waals surface area (Å²) in [5.41, 5.74) is 0. The van der Waals surface area contributed by atoms with Gasteiger partial charge < -0.3 is 14.2 Å². The van der Waals surface area contributed by atoms with Crippen LogP contribution in [-0.4, -0.2) is 37.2 Å². The van der Waals surface area contributed by atoms with Crippen LogP contribution in [0.3, 0.4) is 0 Å². The van der Waals surface area contributed by atoms with E-state index < -0.39 is 6.10 Å². The molecule has 0 aliphatic rings. The maximum atomic E-state index is 12.8. The van der Waals surface area contributed by atoms with E-state index in [2.05, 4.69) is 69.4 Å². The number of carbonyl (C=O) groups is 3. The van der Waals surface area contributed by atoms with Crippen LogP contribution < -0.4 is 0 Å². The molecule has 0 heterocycles. The Morgan fingerprint density at radius 2 is 0.639 bits per heavy atom. The fourth-order valence-corrected chi connectivity index (χ4v) is 7.46. The maximum Gasteiger partial charge on any atom is 0.306 e. The van der Waals surface area contributed by atoms with Crippen molar-refractivity contribution in [3.8, 4) is 0 Å². The summed E-state index contributed by atoms with van der Waals surface area (Å²) in [6.45, 7) is 6.43. The first-order valence-corrected chi connectivity index (χ1v) is 26.1. The molecule has 354 valence electrons. The monoisotopic (exact) mass is 855 g/mol. The minimum absolute atomic E-state index is 0.0786. The largest absolute Gasteiger partial charge is 0.462 e. The van der Waals surface area contributed by atoms with Gasteiger partial charge in [-0.05, 0) is 70.6 Å². The van der Waals surface area contributed by atoms with Crippen LogP contribution in [0.2, 0.25) is 0 Å². The van der Waals surface area contributed by atoms with Gasteiger partial charge >= 0.3 is 17.9 Å². The number of unbranched alkanes of at least 4 members (excludes halogenated alkanes) is 28. The Labute approximate surface area is 378 Å². The average Bonchev–Trinajstić information content (AvgIpc) is 3.26. The number of ether oxygens (including phenoxy) is 3. The van der Waals surface area contributed by atoms with Crippen molar-refractivity contribution >= 4 is 17.9 Å². The Bertz CT molecular complexity index is 1070. The first kappa shape index (κ1) is 58.4. The molecule has 0 aliphatic heterocycles. The molecule has 0 aromatic rings. The molecule has 0 bridgehead atoms. The molecular weight excluding hydrogens is 757 g/mol.